The van der Waals surface area contributed by atoms with Crippen LogP contribution in [0, 0.1) is 0 Å². The molecular formula is C7H14N2O2S. The number of nitrogens with one attached hydrogen (secondary N) is 1. The van der Waals surface area contributed by atoms with Gasteiger partial charge >= 0.3 is 0 Å². The van der Waals surface area contributed by atoms with Crippen LogP contribution in [0.2, 0.25) is 0 Å². The van der Waals surface area contributed by atoms with Crippen molar-refractivity contribution in [3.63, 3.8) is 0 Å². The molecule has 1 unspecified atom stereocenters. The Bertz CT molecular complexity index is 198. The number of carbonyl (C=O) groups excluding carboxylic acids is 2. The Hall–Kier alpha value is -0.710. The van der Waals surface area contributed by atoms with E-state index in [1.165, 1.54) is 6.92 Å². The van der Waals surface area contributed by atoms with Gasteiger partial charge in [0, 0.05) is 11.7 Å². The molecule has 3 N–H and O–H groups in total. The molecule has 0 aromatic rings. The molecule has 0 fully saturated rings. The Kier molecular flexibility index (Phi) is 3.57. The molecule has 0 radical (unpaired) electrons. The standard InChI is InChI=1S/C7H14N2O2S/c1-4(10)9-5(6(8)11)7(2,3)12/h5,12H,1-3H3,(H2,8,11)(H,9,10). The van der Waals surface area contributed by atoms with E-state index in [-0.39, 0.29) is 5.91 Å². The molecule has 0 aliphatic heterocycles. The zero-order valence-corrected chi connectivity index (χ0v) is 8.31. The highest BCUT2D eigenvalue weighted by Gasteiger charge is 2.30. The number of nitrogens with two attached hydrogens (primary N) is 1. The molecule has 0 spiro atoms. The SMILES string of the molecule is CC(=O)NC(C(N)=O)C(C)(C)S. The third kappa shape index (κ3) is 3.61. The summed E-state index contributed by atoms with van der Waals surface area (Å²) in [5, 5.41) is 2.43. The predicted octanol–water partition coefficient (Wildman–Crippen LogP) is -0.315. The van der Waals surface area contributed by atoms with E-state index < -0.39 is 16.7 Å². The average molecular weight is 190 g/mol. The lowest BCUT2D eigenvalue weighted by Crippen LogP contribution is -2.53. The lowest BCUT2D eigenvalue weighted by Gasteiger charge is -2.27. The zero-order valence-electron chi connectivity index (χ0n) is 7.42. The number of thiol groups is 1. The van der Waals surface area contributed by atoms with Gasteiger partial charge in [-0.25, -0.2) is 0 Å². The predicted molar refractivity (Wildman–Crippen MR) is 49.9 cm³/mol. The summed E-state index contributed by atoms with van der Waals surface area (Å²) in [5.74, 6) is -0.869. The molecule has 0 saturated heterocycles. The van der Waals surface area contributed by atoms with Crippen molar-refractivity contribution >= 4 is 24.4 Å². The van der Waals surface area contributed by atoms with Crippen LogP contribution in [0.3, 0.4) is 0 Å². The molecule has 0 saturated carbocycles. The highest BCUT2D eigenvalue weighted by Crippen LogP contribution is 2.16. The Morgan fingerprint density at radius 2 is 1.92 bits per heavy atom. The first-order valence-corrected chi connectivity index (χ1v) is 3.98. The minimum Gasteiger partial charge on any atom is -0.368 e. The van der Waals surface area contributed by atoms with Gasteiger partial charge in [0.1, 0.15) is 6.04 Å². The topological polar surface area (TPSA) is 72.2 Å². The Morgan fingerprint density at radius 3 is 2.00 bits per heavy atom. The van der Waals surface area contributed by atoms with Gasteiger partial charge < -0.3 is 11.1 Å². The van der Waals surface area contributed by atoms with Crippen molar-refractivity contribution < 1.29 is 9.59 Å². The molecule has 0 bridgehead atoms. The summed E-state index contributed by atoms with van der Waals surface area (Å²) in [5.41, 5.74) is 5.07. The van der Waals surface area contributed by atoms with Crippen LogP contribution in [-0.2, 0) is 9.59 Å². The summed E-state index contributed by atoms with van der Waals surface area (Å²) in [7, 11) is 0. The van der Waals surface area contributed by atoms with Gasteiger partial charge in [-0.05, 0) is 13.8 Å². The smallest absolute Gasteiger partial charge is 0.241 e. The van der Waals surface area contributed by atoms with Crippen molar-refractivity contribution in [2.24, 2.45) is 5.73 Å². The first-order valence-electron chi connectivity index (χ1n) is 3.54. The molecule has 12 heavy (non-hydrogen) atoms. The van der Waals surface area contributed by atoms with Crippen LogP contribution in [-0.4, -0.2) is 22.6 Å². The van der Waals surface area contributed by atoms with E-state index in [0.717, 1.165) is 0 Å². The maximum atomic E-state index is 10.8. The summed E-state index contributed by atoms with van der Waals surface area (Å²) in [4.78, 5) is 21.5. The number of rotatable bonds is 3. The van der Waals surface area contributed by atoms with Crippen molar-refractivity contribution in [1.82, 2.24) is 5.32 Å². The summed E-state index contributed by atoms with van der Waals surface area (Å²) >= 11 is 4.15. The highest BCUT2D eigenvalue weighted by molar-refractivity contribution is 7.81. The second kappa shape index (κ2) is 3.80. The molecule has 0 aliphatic carbocycles. The van der Waals surface area contributed by atoms with E-state index in [1.807, 2.05) is 0 Å². The lowest BCUT2D eigenvalue weighted by molar-refractivity contribution is -0.126. The van der Waals surface area contributed by atoms with Crippen LogP contribution in [0.1, 0.15) is 20.8 Å². The fourth-order valence-corrected chi connectivity index (χ4v) is 0.991. The monoisotopic (exact) mass is 190 g/mol. The first kappa shape index (κ1) is 11.3. The Morgan fingerprint density at radius 1 is 1.50 bits per heavy atom. The van der Waals surface area contributed by atoms with Gasteiger partial charge in [0.25, 0.3) is 0 Å². The summed E-state index contributed by atoms with van der Waals surface area (Å²) in [6, 6.07) is -0.738. The molecule has 0 aromatic heterocycles. The molecular weight excluding hydrogens is 176 g/mol. The highest BCUT2D eigenvalue weighted by atomic mass is 32.1. The van der Waals surface area contributed by atoms with Crippen LogP contribution in [0.4, 0.5) is 0 Å². The van der Waals surface area contributed by atoms with Crippen molar-refractivity contribution in [3.05, 3.63) is 0 Å². The number of hydrogen-bond acceptors (Lipinski definition) is 3. The van der Waals surface area contributed by atoms with Gasteiger partial charge in [0.2, 0.25) is 11.8 Å². The minimum atomic E-state index is -0.738. The third-order valence-electron chi connectivity index (χ3n) is 1.34. The molecule has 70 valence electrons. The van der Waals surface area contributed by atoms with Gasteiger partial charge in [-0.2, -0.15) is 12.6 Å². The molecule has 0 aromatic carbocycles. The van der Waals surface area contributed by atoms with E-state index in [1.54, 1.807) is 13.8 Å². The fraction of sp³-hybridized carbons (Fsp3) is 0.714. The van der Waals surface area contributed by atoms with Gasteiger partial charge in [0.15, 0.2) is 0 Å². The van der Waals surface area contributed by atoms with Gasteiger partial charge in [-0.1, -0.05) is 0 Å². The second-order valence-electron chi connectivity index (χ2n) is 3.19. The van der Waals surface area contributed by atoms with E-state index in [9.17, 15) is 9.59 Å². The number of carbonyl (C=O) groups is 2. The van der Waals surface area contributed by atoms with Crippen LogP contribution in [0.25, 0.3) is 0 Å². The molecule has 0 heterocycles. The van der Waals surface area contributed by atoms with Crippen molar-refractivity contribution in [2.45, 2.75) is 31.6 Å². The molecule has 0 aliphatic rings. The van der Waals surface area contributed by atoms with Crippen molar-refractivity contribution in [2.75, 3.05) is 0 Å². The average Bonchev–Trinajstić information content (AvgIpc) is 1.79. The maximum absolute atomic E-state index is 10.8. The van der Waals surface area contributed by atoms with Crippen LogP contribution in [0.15, 0.2) is 0 Å². The van der Waals surface area contributed by atoms with E-state index in [2.05, 4.69) is 17.9 Å². The van der Waals surface area contributed by atoms with Crippen LogP contribution in [0.5, 0.6) is 0 Å². The zero-order chi connectivity index (χ0) is 9.94. The Labute approximate surface area is 77.3 Å². The molecule has 1 atom stereocenters. The lowest BCUT2D eigenvalue weighted by atomic mass is 10.0. The normalized spacial score (nSPS) is 13.7. The first-order chi connectivity index (χ1) is 5.25. The van der Waals surface area contributed by atoms with E-state index >= 15 is 0 Å². The third-order valence-corrected chi connectivity index (χ3v) is 1.60. The fourth-order valence-electron chi connectivity index (χ4n) is 0.799. The summed E-state index contributed by atoms with van der Waals surface area (Å²) in [6.45, 7) is 4.75. The molecule has 5 heteroatoms. The Balaban J connectivity index is 4.46. The summed E-state index contributed by atoms with van der Waals surface area (Å²) < 4.78 is -0.641. The summed E-state index contributed by atoms with van der Waals surface area (Å²) in [6.07, 6.45) is 0. The van der Waals surface area contributed by atoms with Crippen molar-refractivity contribution in [3.8, 4) is 0 Å². The largest absolute Gasteiger partial charge is 0.368 e. The second-order valence-corrected chi connectivity index (χ2v) is 4.34. The molecule has 4 nitrogen and oxygen atoms in total. The number of amides is 2. The van der Waals surface area contributed by atoms with Crippen LogP contribution >= 0.6 is 12.6 Å². The molecule has 2 amide bonds. The van der Waals surface area contributed by atoms with Crippen LogP contribution < -0.4 is 11.1 Å². The van der Waals surface area contributed by atoms with Gasteiger partial charge in [-0.3, -0.25) is 9.59 Å². The maximum Gasteiger partial charge on any atom is 0.241 e. The van der Waals surface area contributed by atoms with Crippen molar-refractivity contribution in [1.29, 1.82) is 0 Å². The minimum absolute atomic E-state index is 0.291. The number of hydrogen-bond donors (Lipinski definition) is 3. The van der Waals surface area contributed by atoms with E-state index in [0.29, 0.717) is 0 Å². The molecule has 0 rings (SSSR count). The number of primary amides is 1. The van der Waals surface area contributed by atoms with E-state index in [4.69, 9.17) is 5.73 Å². The van der Waals surface area contributed by atoms with Gasteiger partial charge in [0.05, 0.1) is 0 Å². The quantitative estimate of drug-likeness (QED) is 0.534. The van der Waals surface area contributed by atoms with Gasteiger partial charge in [-0.15, -0.1) is 0 Å².